The molecule has 0 saturated carbocycles. The largest absolute Gasteiger partial charge is 0.349 e. The molecular weight excluding hydrogens is 198 g/mol. The summed E-state index contributed by atoms with van der Waals surface area (Å²) in [5, 5.41) is 3.08. The second kappa shape index (κ2) is 5.15. The first-order valence-corrected chi connectivity index (χ1v) is 5.81. The van der Waals surface area contributed by atoms with Crippen molar-refractivity contribution in [2.75, 3.05) is 0 Å². The SMILES string of the molecule is CCC(NC(=O)c1ccccc1)C(C)(C)C. The number of nitrogens with one attached hydrogen (secondary N) is 1. The molecule has 1 atom stereocenters. The quantitative estimate of drug-likeness (QED) is 0.830. The van der Waals surface area contributed by atoms with E-state index in [-0.39, 0.29) is 17.4 Å². The van der Waals surface area contributed by atoms with Crippen molar-refractivity contribution >= 4 is 5.91 Å². The third-order valence-corrected chi connectivity index (χ3v) is 2.79. The minimum Gasteiger partial charge on any atom is -0.349 e. The fourth-order valence-electron chi connectivity index (χ4n) is 1.76. The topological polar surface area (TPSA) is 29.1 Å². The van der Waals surface area contributed by atoms with Crippen LogP contribution in [0.3, 0.4) is 0 Å². The van der Waals surface area contributed by atoms with E-state index in [4.69, 9.17) is 0 Å². The summed E-state index contributed by atoms with van der Waals surface area (Å²) in [6.07, 6.45) is 0.947. The van der Waals surface area contributed by atoms with Crippen molar-refractivity contribution in [3.63, 3.8) is 0 Å². The standard InChI is InChI=1S/C14H21NO/c1-5-12(14(2,3)4)15-13(16)11-9-7-6-8-10-11/h6-10,12H,5H2,1-4H3,(H,15,16). The number of carbonyl (C=O) groups excluding carboxylic acids is 1. The summed E-state index contributed by atoms with van der Waals surface area (Å²) in [5.74, 6) is 0.0161. The number of rotatable bonds is 3. The third-order valence-electron chi connectivity index (χ3n) is 2.79. The molecule has 1 unspecified atom stereocenters. The van der Waals surface area contributed by atoms with Gasteiger partial charge in [0, 0.05) is 11.6 Å². The zero-order chi connectivity index (χ0) is 12.2. The molecule has 1 aromatic carbocycles. The Balaban J connectivity index is 2.71. The molecule has 0 bridgehead atoms. The number of amides is 1. The summed E-state index contributed by atoms with van der Waals surface area (Å²) in [5.41, 5.74) is 0.823. The molecule has 0 aromatic heterocycles. The van der Waals surface area contributed by atoms with Gasteiger partial charge in [-0.25, -0.2) is 0 Å². The lowest BCUT2D eigenvalue weighted by Gasteiger charge is -2.30. The predicted molar refractivity (Wildman–Crippen MR) is 67.4 cm³/mol. The molecule has 0 saturated heterocycles. The van der Waals surface area contributed by atoms with Gasteiger partial charge in [0.2, 0.25) is 0 Å². The minimum atomic E-state index is 0.0161. The Bertz CT molecular complexity index is 338. The minimum absolute atomic E-state index is 0.0161. The van der Waals surface area contributed by atoms with Gasteiger partial charge in [0.25, 0.3) is 5.91 Å². The Morgan fingerprint density at radius 3 is 2.25 bits per heavy atom. The molecular formula is C14H21NO. The average Bonchev–Trinajstić information content (AvgIpc) is 2.25. The zero-order valence-electron chi connectivity index (χ0n) is 10.6. The molecule has 1 N–H and O–H groups in total. The first-order chi connectivity index (χ1) is 7.45. The Morgan fingerprint density at radius 2 is 1.81 bits per heavy atom. The number of benzene rings is 1. The van der Waals surface area contributed by atoms with Gasteiger partial charge in [-0.1, -0.05) is 45.9 Å². The summed E-state index contributed by atoms with van der Waals surface area (Å²) in [6.45, 7) is 8.53. The third kappa shape index (κ3) is 3.37. The molecule has 0 heterocycles. The van der Waals surface area contributed by atoms with E-state index in [1.54, 1.807) is 0 Å². The first kappa shape index (κ1) is 12.8. The van der Waals surface area contributed by atoms with Gasteiger partial charge in [0.15, 0.2) is 0 Å². The second-order valence-corrected chi connectivity index (χ2v) is 5.17. The highest BCUT2D eigenvalue weighted by Gasteiger charge is 2.24. The van der Waals surface area contributed by atoms with Gasteiger partial charge in [0.05, 0.1) is 0 Å². The summed E-state index contributed by atoms with van der Waals surface area (Å²) < 4.78 is 0. The maximum absolute atomic E-state index is 11.9. The van der Waals surface area contributed by atoms with E-state index >= 15 is 0 Å². The molecule has 0 aliphatic heterocycles. The van der Waals surface area contributed by atoms with E-state index < -0.39 is 0 Å². The highest BCUT2D eigenvalue weighted by molar-refractivity contribution is 5.94. The van der Waals surface area contributed by atoms with Gasteiger partial charge < -0.3 is 5.32 Å². The van der Waals surface area contributed by atoms with Crippen LogP contribution in [0.4, 0.5) is 0 Å². The molecule has 1 amide bonds. The van der Waals surface area contributed by atoms with Crippen LogP contribution in [0.15, 0.2) is 30.3 Å². The van der Waals surface area contributed by atoms with Crippen molar-refractivity contribution in [3.05, 3.63) is 35.9 Å². The van der Waals surface area contributed by atoms with E-state index in [0.717, 1.165) is 12.0 Å². The predicted octanol–water partition coefficient (Wildman–Crippen LogP) is 3.24. The summed E-state index contributed by atoms with van der Waals surface area (Å²) in [6, 6.07) is 9.56. The van der Waals surface area contributed by atoms with Crippen LogP contribution < -0.4 is 5.32 Å². The summed E-state index contributed by atoms with van der Waals surface area (Å²) >= 11 is 0. The van der Waals surface area contributed by atoms with Gasteiger partial charge >= 0.3 is 0 Å². The van der Waals surface area contributed by atoms with E-state index in [0.29, 0.717) is 0 Å². The lowest BCUT2D eigenvalue weighted by Crippen LogP contribution is -2.43. The van der Waals surface area contributed by atoms with Crippen LogP contribution in [-0.2, 0) is 0 Å². The fourth-order valence-corrected chi connectivity index (χ4v) is 1.76. The van der Waals surface area contributed by atoms with Crippen molar-refractivity contribution in [1.82, 2.24) is 5.32 Å². The van der Waals surface area contributed by atoms with Crippen LogP contribution in [-0.4, -0.2) is 11.9 Å². The van der Waals surface area contributed by atoms with Gasteiger partial charge in [0.1, 0.15) is 0 Å². The lowest BCUT2D eigenvalue weighted by atomic mass is 9.85. The first-order valence-electron chi connectivity index (χ1n) is 5.81. The van der Waals surface area contributed by atoms with Gasteiger partial charge in [-0.15, -0.1) is 0 Å². The maximum Gasteiger partial charge on any atom is 0.251 e. The van der Waals surface area contributed by atoms with E-state index in [2.05, 4.69) is 33.0 Å². The molecule has 1 aromatic rings. The summed E-state index contributed by atoms with van der Waals surface area (Å²) in [7, 11) is 0. The van der Waals surface area contributed by atoms with Gasteiger partial charge in [-0.05, 0) is 24.0 Å². The van der Waals surface area contributed by atoms with E-state index in [9.17, 15) is 4.79 Å². The van der Waals surface area contributed by atoms with Crippen molar-refractivity contribution < 1.29 is 4.79 Å². The molecule has 2 nitrogen and oxygen atoms in total. The van der Waals surface area contributed by atoms with Crippen LogP contribution in [0, 0.1) is 5.41 Å². The Kier molecular flexibility index (Phi) is 4.11. The number of carbonyl (C=O) groups is 1. The number of hydrogen-bond acceptors (Lipinski definition) is 1. The Labute approximate surface area is 98.1 Å². The van der Waals surface area contributed by atoms with Crippen molar-refractivity contribution in [3.8, 4) is 0 Å². The summed E-state index contributed by atoms with van der Waals surface area (Å²) in [4.78, 5) is 11.9. The molecule has 2 heteroatoms. The molecule has 16 heavy (non-hydrogen) atoms. The van der Waals surface area contributed by atoms with E-state index in [1.807, 2.05) is 30.3 Å². The molecule has 0 aliphatic carbocycles. The zero-order valence-corrected chi connectivity index (χ0v) is 10.6. The van der Waals surface area contributed by atoms with Gasteiger partial charge in [-0.2, -0.15) is 0 Å². The van der Waals surface area contributed by atoms with Gasteiger partial charge in [-0.3, -0.25) is 4.79 Å². The molecule has 1 rings (SSSR count). The number of hydrogen-bond donors (Lipinski definition) is 1. The normalized spacial score (nSPS) is 13.2. The van der Waals surface area contributed by atoms with E-state index in [1.165, 1.54) is 0 Å². The maximum atomic E-state index is 11.9. The average molecular weight is 219 g/mol. The molecule has 0 aliphatic rings. The molecule has 88 valence electrons. The highest BCUT2D eigenvalue weighted by Crippen LogP contribution is 2.21. The second-order valence-electron chi connectivity index (χ2n) is 5.17. The lowest BCUT2D eigenvalue weighted by molar-refractivity contribution is 0.0900. The Morgan fingerprint density at radius 1 is 1.25 bits per heavy atom. The monoisotopic (exact) mass is 219 g/mol. The van der Waals surface area contributed by atoms with Crippen LogP contribution in [0.2, 0.25) is 0 Å². The molecule has 0 radical (unpaired) electrons. The van der Waals surface area contributed by atoms with Crippen molar-refractivity contribution in [2.24, 2.45) is 5.41 Å². The highest BCUT2D eigenvalue weighted by atomic mass is 16.1. The molecule has 0 spiro atoms. The Hall–Kier alpha value is -1.31. The van der Waals surface area contributed by atoms with Crippen molar-refractivity contribution in [1.29, 1.82) is 0 Å². The van der Waals surface area contributed by atoms with Crippen LogP contribution >= 0.6 is 0 Å². The molecule has 0 fully saturated rings. The van der Waals surface area contributed by atoms with Crippen LogP contribution in [0.5, 0.6) is 0 Å². The smallest absolute Gasteiger partial charge is 0.251 e. The fraction of sp³-hybridized carbons (Fsp3) is 0.500. The van der Waals surface area contributed by atoms with Crippen LogP contribution in [0.1, 0.15) is 44.5 Å². The van der Waals surface area contributed by atoms with Crippen LogP contribution in [0.25, 0.3) is 0 Å². The van der Waals surface area contributed by atoms with Crippen molar-refractivity contribution in [2.45, 2.75) is 40.2 Å².